The molecule has 2 aromatic rings. The predicted molar refractivity (Wildman–Crippen MR) is 93.8 cm³/mol. The summed E-state index contributed by atoms with van der Waals surface area (Å²) in [5.74, 6) is 0.923. The van der Waals surface area contributed by atoms with E-state index in [1.807, 2.05) is 23.1 Å². The molecule has 0 saturated carbocycles. The van der Waals surface area contributed by atoms with E-state index in [-0.39, 0.29) is 24.2 Å². The van der Waals surface area contributed by atoms with Crippen molar-refractivity contribution in [3.8, 4) is 0 Å². The van der Waals surface area contributed by atoms with E-state index in [1.54, 1.807) is 13.1 Å². The maximum Gasteiger partial charge on any atom is 0.332 e. The van der Waals surface area contributed by atoms with Gasteiger partial charge in [0, 0.05) is 44.0 Å². The lowest BCUT2D eigenvalue weighted by Crippen LogP contribution is -2.44. The lowest BCUT2D eigenvalue weighted by molar-refractivity contribution is -0.132. The highest BCUT2D eigenvalue weighted by Gasteiger charge is 2.41. The Balaban J connectivity index is 1.58. The molecule has 8 nitrogen and oxygen atoms in total. The number of likely N-dealkylation sites (tertiary alicyclic amines) is 1. The molecule has 26 heavy (non-hydrogen) atoms. The third-order valence-corrected chi connectivity index (χ3v) is 5.38. The Bertz CT molecular complexity index is 950. The van der Waals surface area contributed by atoms with Crippen LogP contribution in [0.25, 0.3) is 0 Å². The van der Waals surface area contributed by atoms with Gasteiger partial charge in [0.2, 0.25) is 5.91 Å². The van der Waals surface area contributed by atoms with Crippen LogP contribution < -0.4 is 11.1 Å². The van der Waals surface area contributed by atoms with Gasteiger partial charge in [0.05, 0.1) is 6.42 Å². The van der Waals surface area contributed by atoms with Crippen LogP contribution >= 0.6 is 0 Å². The summed E-state index contributed by atoms with van der Waals surface area (Å²) < 4.78 is 2.74. The van der Waals surface area contributed by atoms with E-state index in [0.717, 1.165) is 12.1 Å². The van der Waals surface area contributed by atoms with Crippen LogP contribution in [0.2, 0.25) is 0 Å². The molecule has 4 heterocycles. The highest BCUT2D eigenvalue weighted by atomic mass is 16.2. The van der Waals surface area contributed by atoms with Gasteiger partial charge in [0.1, 0.15) is 5.82 Å². The summed E-state index contributed by atoms with van der Waals surface area (Å²) in [6, 6.07) is 5.54. The fourth-order valence-electron chi connectivity index (χ4n) is 3.96. The van der Waals surface area contributed by atoms with Gasteiger partial charge in [-0.05, 0) is 31.4 Å². The number of carbonyl (C=O) groups excluding carboxylic acids is 1. The molecule has 1 amide bonds. The van der Waals surface area contributed by atoms with E-state index >= 15 is 0 Å². The quantitative estimate of drug-likeness (QED) is 0.724. The van der Waals surface area contributed by atoms with Gasteiger partial charge in [-0.2, -0.15) is 5.10 Å². The minimum atomic E-state index is -0.571. The van der Waals surface area contributed by atoms with Crippen LogP contribution in [0.3, 0.4) is 0 Å². The molecule has 0 bridgehead atoms. The van der Waals surface area contributed by atoms with Crippen LogP contribution in [0, 0.1) is 5.92 Å². The molecule has 0 spiro atoms. The summed E-state index contributed by atoms with van der Waals surface area (Å²) in [5, 5.41) is 4.41. The first-order valence-corrected chi connectivity index (χ1v) is 8.98. The normalized spacial score (nSPS) is 21.3. The first kappa shape index (κ1) is 16.7. The second-order valence-electron chi connectivity index (χ2n) is 6.89. The molecule has 0 radical (unpaired) electrons. The van der Waals surface area contributed by atoms with Crippen molar-refractivity contribution >= 4 is 5.91 Å². The fraction of sp³-hybridized carbons (Fsp3) is 0.500. The van der Waals surface area contributed by atoms with Crippen LogP contribution in [0.15, 0.2) is 34.0 Å². The average molecular weight is 355 g/mol. The smallest absolute Gasteiger partial charge is 0.332 e. The molecule has 136 valence electrons. The monoisotopic (exact) mass is 355 g/mol. The molecular weight excluding hydrogens is 334 g/mol. The maximum absolute atomic E-state index is 12.7. The number of piperidine rings is 1. The Morgan fingerprint density at radius 1 is 1.23 bits per heavy atom. The zero-order chi connectivity index (χ0) is 18.3. The van der Waals surface area contributed by atoms with Gasteiger partial charge in [-0.3, -0.25) is 23.9 Å². The van der Waals surface area contributed by atoms with Gasteiger partial charge in [0.15, 0.2) is 0 Å². The molecule has 0 aromatic carbocycles. The van der Waals surface area contributed by atoms with Crippen molar-refractivity contribution in [3.05, 3.63) is 56.6 Å². The lowest BCUT2D eigenvalue weighted by Gasteiger charge is -2.34. The molecular formula is C18H21N5O3. The van der Waals surface area contributed by atoms with Crippen molar-refractivity contribution in [1.29, 1.82) is 0 Å². The standard InChI is InChI=1S/C18H21N5O3/c1-2-23-18(26)17(25)22-10-12-6-8-21(11-14(12)16(22)20-23)15(24)9-13-5-3-4-7-19-13/h3-5,7,12,14H,2,6,8-11H2,1H3/t12-,14+/m0/s1. The fourth-order valence-corrected chi connectivity index (χ4v) is 3.96. The van der Waals surface area contributed by atoms with Crippen LogP contribution in [0.1, 0.15) is 30.8 Å². The highest BCUT2D eigenvalue weighted by Crippen LogP contribution is 2.36. The summed E-state index contributed by atoms with van der Waals surface area (Å²) in [7, 11) is 0. The minimum Gasteiger partial charge on any atom is -0.342 e. The number of hydrogen-bond donors (Lipinski definition) is 0. The number of hydrogen-bond acceptors (Lipinski definition) is 5. The number of amides is 1. The SMILES string of the molecule is CCn1nc2n(c(=O)c1=O)C[C@@H]1CCN(C(=O)Cc3ccccn3)C[C@@H]21. The van der Waals surface area contributed by atoms with Crippen LogP contribution in [0.4, 0.5) is 0 Å². The second kappa shape index (κ2) is 6.51. The zero-order valence-corrected chi connectivity index (χ0v) is 14.7. The molecule has 0 N–H and O–H groups in total. The number of aryl methyl sites for hydroxylation is 1. The number of rotatable bonds is 3. The Kier molecular flexibility index (Phi) is 4.18. The maximum atomic E-state index is 12.7. The summed E-state index contributed by atoms with van der Waals surface area (Å²) in [6.07, 6.45) is 2.76. The summed E-state index contributed by atoms with van der Waals surface area (Å²) in [5.41, 5.74) is -0.323. The minimum absolute atomic E-state index is 0.00234. The van der Waals surface area contributed by atoms with Gasteiger partial charge in [0.25, 0.3) is 0 Å². The average Bonchev–Trinajstić information content (AvgIpc) is 3.03. The molecule has 2 aromatic heterocycles. The van der Waals surface area contributed by atoms with E-state index in [2.05, 4.69) is 10.1 Å². The van der Waals surface area contributed by atoms with Gasteiger partial charge >= 0.3 is 11.1 Å². The largest absolute Gasteiger partial charge is 0.342 e. The Morgan fingerprint density at radius 3 is 2.81 bits per heavy atom. The molecule has 1 saturated heterocycles. The molecule has 2 aliphatic heterocycles. The van der Waals surface area contributed by atoms with E-state index in [1.165, 1.54) is 9.25 Å². The molecule has 0 unspecified atom stereocenters. The molecule has 0 aliphatic carbocycles. The summed E-state index contributed by atoms with van der Waals surface area (Å²) in [4.78, 5) is 43.1. The van der Waals surface area contributed by atoms with Gasteiger partial charge in [-0.15, -0.1) is 0 Å². The topological polar surface area (TPSA) is 90.1 Å². The highest BCUT2D eigenvalue weighted by molar-refractivity contribution is 5.78. The molecule has 2 atom stereocenters. The third kappa shape index (κ3) is 2.75. The zero-order valence-electron chi connectivity index (χ0n) is 14.7. The molecule has 1 fully saturated rings. The summed E-state index contributed by atoms with van der Waals surface area (Å²) >= 11 is 0. The van der Waals surface area contributed by atoms with Crippen molar-refractivity contribution in [1.82, 2.24) is 24.2 Å². The molecule has 8 heteroatoms. The second-order valence-corrected chi connectivity index (χ2v) is 6.89. The third-order valence-electron chi connectivity index (χ3n) is 5.38. The van der Waals surface area contributed by atoms with E-state index in [0.29, 0.717) is 32.0 Å². The Morgan fingerprint density at radius 2 is 2.08 bits per heavy atom. The van der Waals surface area contributed by atoms with Crippen molar-refractivity contribution in [2.75, 3.05) is 13.1 Å². The summed E-state index contributed by atoms with van der Waals surface area (Å²) in [6.45, 7) is 3.87. The number of aromatic nitrogens is 4. The van der Waals surface area contributed by atoms with Crippen LogP contribution in [-0.4, -0.2) is 43.2 Å². The van der Waals surface area contributed by atoms with Gasteiger partial charge in [-0.25, -0.2) is 4.68 Å². The first-order valence-electron chi connectivity index (χ1n) is 8.98. The molecule has 2 aliphatic rings. The number of carbonyl (C=O) groups is 1. The van der Waals surface area contributed by atoms with E-state index < -0.39 is 11.1 Å². The van der Waals surface area contributed by atoms with Crippen molar-refractivity contribution in [3.63, 3.8) is 0 Å². The number of nitrogens with zero attached hydrogens (tertiary/aromatic N) is 5. The van der Waals surface area contributed by atoms with Crippen molar-refractivity contribution in [2.24, 2.45) is 5.92 Å². The number of pyridine rings is 1. The van der Waals surface area contributed by atoms with Gasteiger partial charge < -0.3 is 4.90 Å². The van der Waals surface area contributed by atoms with Gasteiger partial charge in [-0.1, -0.05) is 6.07 Å². The molecule has 4 rings (SSSR count). The predicted octanol–water partition coefficient (Wildman–Crippen LogP) is 0.00830. The number of fused-ring (bicyclic) bond motifs is 3. The van der Waals surface area contributed by atoms with E-state index in [9.17, 15) is 14.4 Å². The van der Waals surface area contributed by atoms with Crippen LogP contribution in [-0.2, 0) is 24.3 Å². The lowest BCUT2D eigenvalue weighted by atomic mass is 9.87. The van der Waals surface area contributed by atoms with Crippen molar-refractivity contribution < 1.29 is 4.79 Å². The Labute approximate surface area is 150 Å². The van der Waals surface area contributed by atoms with Crippen LogP contribution in [0.5, 0.6) is 0 Å². The first-order chi connectivity index (χ1) is 12.6. The van der Waals surface area contributed by atoms with E-state index in [4.69, 9.17) is 0 Å². The van der Waals surface area contributed by atoms with Crippen molar-refractivity contribution in [2.45, 2.75) is 38.8 Å². The Hall–Kier alpha value is -2.77.